The lowest BCUT2D eigenvalue weighted by Crippen LogP contribution is -2.12. The van der Waals surface area contributed by atoms with Crippen molar-refractivity contribution in [1.29, 1.82) is 0 Å². The maximum absolute atomic E-state index is 12.4. The second kappa shape index (κ2) is 7.36. The Morgan fingerprint density at radius 2 is 1.80 bits per heavy atom. The lowest BCUT2D eigenvalue weighted by atomic mass is 10.1. The van der Waals surface area contributed by atoms with Crippen LogP contribution >= 0.6 is 11.6 Å². The van der Waals surface area contributed by atoms with Crippen LogP contribution in [0.5, 0.6) is 0 Å². The molecule has 126 valence electrons. The predicted molar refractivity (Wildman–Crippen MR) is 103 cm³/mol. The van der Waals surface area contributed by atoms with Crippen LogP contribution in [0.25, 0.3) is 0 Å². The molecule has 1 aromatic heterocycles. The second-order valence-electron chi connectivity index (χ2n) is 5.80. The van der Waals surface area contributed by atoms with Crippen molar-refractivity contribution in [3.63, 3.8) is 0 Å². The van der Waals surface area contributed by atoms with Gasteiger partial charge in [0.15, 0.2) is 0 Å². The van der Waals surface area contributed by atoms with Crippen LogP contribution in [0.15, 0.2) is 60.9 Å². The molecule has 25 heavy (non-hydrogen) atoms. The van der Waals surface area contributed by atoms with Crippen LogP contribution in [-0.2, 0) is 0 Å². The van der Waals surface area contributed by atoms with Crippen LogP contribution in [-0.4, -0.2) is 10.9 Å². The summed E-state index contributed by atoms with van der Waals surface area (Å²) >= 11 is 5.94. The third kappa shape index (κ3) is 4.17. The molecule has 0 spiro atoms. The van der Waals surface area contributed by atoms with E-state index >= 15 is 0 Å². The summed E-state index contributed by atoms with van der Waals surface area (Å²) in [5.74, 6) is -0.237. The smallest absolute Gasteiger partial charge is 0.257 e. The van der Waals surface area contributed by atoms with Crippen LogP contribution in [0.1, 0.15) is 21.5 Å². The van der Waals surface area contributed by atoms with Crippen molar-refractivity contribution < 1.29 is 4.79 Å². The lowest BCUT2D eigenvalue weighted by Gasteiger charge is -2.12. The number of halogens is 1. The Kier molecular flexibility index (Phi) is 5.00. The van der Waals surface area contributed by atoms with Crippen LogP contribution in [0.4, 0.5) is 17.1 Å². The Morgan fingerprint density at radius 3 is 2.60 bits per heavy atom. The molecule has 0 unspecified atom stereocenters. The number of aromatic nitrogens is 1. The fourth-order valence-electron chi connectivity index (χ4n) is 2.44. The van der Waals surface area contributed by atoms with E-state index in [1.165, 1.54) is 11.8 Å². The minimum absolute atomic E-state index is 0.237. The minimum Gasteiger partial charge on any atom is -0.354 e. The molecule has 0 aliphatic heterocycles. The summed E-state index contributed by atoms with van der Waals surface area (Å²) in [7, 11) is 0. The number of nitrogens with one attached hydrogen (secondary N) is 2. The molecule has 0 fully saturated rings. The zero-order valence-corrected chi connectivity index (χ0v) is 14.8. The number of nitrogens with zero attached hydrogens (tertiary/aromatic N) is 1. The standard InChI is InChI=1S/C20H18ClN3O/c1-13-5-3-8-19(14(13)2)23-18-9-15(11-22-12-18)20(25)24-17-7-4-6-16(21)10-17/h3-12,23H,1-2H3,(H,24,25). The molecule has 0 aliphatic rings. The number of pyridine rings is 1. The molecule has 0 saturated heterocycles. The van der Waals surface area contributed by atoms with Crippen LogP contribution in [0.3, 0.4) is 0 Å². The normalized spacial score (nSPS) is 10.4. The Labute approximate surface area is 151 Å². The zero-order valence-electron chi connectivity index (χ0n) is 14.0. The molecular weight excluding hydrogens is 334 g/mol. The Balaban J connectivity index is 1.79. The summed E-state index contributed by atoms with van der Waals surface area (Å²) in [6.07, 6.45) is 3.23. The monoisotopic (exact) mass is 351 g/mol. The molecule has 1 amide bonds. The van der Waals surface area contributed by atoms with Crippen molar-refractivity contribution in [3.05, 3.63) is 82.6 Å². The first-order chi connectivity index (χ1) is 12.0. The van der Waals surface area contributed by atoms with Gasteiger partial charge in [0.25, 0.3) is 5.91 Å². The Hall–Kier alpha value is -2.85. The van der Waals surface area contributed by atoms with E-state index in [-0.39, 0.29) is 5.91 Å². The van der Waals surface area contributed by atoms with Crippen molar-refractivity contribution in [2.24, 2.45) is 0 Å². The number of carbonyl (C=O) groups excluding carboxylic acids is 1. The second-order valence-corrected chi connectivity index (χ2v) is 6.24. The first kappa shape index (κ1) is 17.0. The summed E-state index contributed by atoms with van der Waals surface area (Å²) in [4.78, 5) is 16.6. The van der Waals surface area contributed by atoms with E-state index in [9.17, 15) is 4.79 Å². The van der Waals surface area contributed by atoms with Crippen molar-refractivity contribution >= 4 is 34.6 Å². The number of hydrogen-bond donors (Lipinski definition) is 2. The average molecular weight is 352 g/mol. The van der Waals surface area contributed by atoms with Crippen molar-refractivity contribution in [2.75, 3.05) is 10.6 Å². The van der Waals surface area contributed by atoms with E-state index in [0.29, 0.717) is 16.3 Å². The van der Waals surface area contributed by atoms with Gasteiger partial charge in [-0.1, -0.05) is 29.8 Å². The van der Waals surface area contributed by atoms with Gasteiger partial charge in [-0.25, -0.2) is 0 Å². The molecule has 3 aromatic rings. The van der Waals surface area contributed by atoms with E-state index in [1.807, 2.05) is 12.1 Å². The van der Waals surface area contributed by atoms with Crippen molar-refractivity contribution in [2.45, 2.75) is 13.8 Å². The van der Waals surface area contributed by atoms with Gasteiger partial charge in [-0.15, -0.1) is 0 Å². The SMILES string of the molecule is Cc1cccc(Nc2cncc(C(=O)Nc3cccc(Cl)c3)c2)c1C. The van der Waals surface area contributed by atoms with Gasteiger partial charge in [0.2, 0.25) is 0 Å². The molecule has 1 heterocycles. The number of amides is 1. The van der Waals surface area contributed by atoms with Crippen LogP contribution in [0.2, 0.25) is 5.02 Å². The van der Waals surface area contributed by atoms with E-state index in [0.717, 1.165) is 16.9 Å². The molecule has 0 radical (unpaired) electrons. The number of rotatable bonds is 4. The molecule has 2 N–H and O–H groups in total. The highest BCUT2D eigenvalue weighted by Crippen LogP contribution is 2.23. The molecule has 3 rings (SSSR count). The summed E-state index contributed by atoms with van der Waals surface area (Å²) in [6, 6.07) is 14.9. The van der Waals surface area contributed by atoms with Gasteiger partial charge in [0.05, 0.1) is 17.4 Å². The molecule has 0 aliphatic carbocycles. The number of hydrogen-bond acceptors (Lipinski definition) is 3. The molecule has 5 heteroatoms. The van der Waals surface area contributed by atoms with Gasteiger partial charge in [0, 0.05) is 22.6 Å². The maximum Gasteiger partial charge on any atom is 0.257 e. The Morgan fingerprint density at radius 1 is 1.00 bits per heavy atom. The zero-order chi connectivity index (χ0) is 17.8. The number of benzene rings is 2. The highest BCUT2D eigenvalue weighted by atomic mass is 35.5. The molecule has 4 nitrogen and oxygen atoms in total. The van der Waals surface area contributed by atoms with E-state index in [4.69, 9.17) is 11.6 Å². The molecule has 2 aromatic carbocycles. The van der Waals surface area contributed by atoms with E-state index in [2.05, 4.69) is 35.5 Å². The average Bonchev–Trinajstić information content (AvgIpc) is 2.59. The molecule has 0 saturated carbocycles. The third-order valence-electron chi connectivity index (χ3n) is 3.97. The summed E-state index contributed by atoms with van der Waals surface area (Å²) in [5.41, 5.74) is 5.23. The minimum atomic E-state index is -0.237. The predicted octanol–water partition coefficient (Wildman–Crippen LogP) is 5.35. The first-order valence-electron chi connectivity index (χ1n) is 7.88. The number of aryl methyl sites for hydroxylation is 1. The van der Waals surface area contributed by atoms with Gasteiger partial charge < -0.3 is 10.6 Å². The van der Waals surface area contributed by atoms with Gasteiger partial charge in [-0.3, -0.25) is 9.78 Å². The van der Waals surface area contributed by atoms with Crippen LogP contribution < -0.4 is 10.6 Å². The van der Waals surface area contributed by atoms with Gasteiger partial charge in [-0.05, 0) is 55.3 Å². The molecule has 0 bridgehead atoms. The lowest BCUT2D eigenvalue weighted by molar-refractivity contribution is 0.102. The summed E-state index contributed by atoms with van der Waals surface area (Å²) < 4.78 is 0. The summed E-state index contributed by atoms with van der Waals surface area (Å²) in [6.45, 7) is 4.12. The quantitative estimate of drug-likeness (QED) is 0.666. The highest BCUT2D eigenvalue weighted by Gasteiger charge is 2.09. The topological polar surface area (TPSA) is 54.0 Å². The van der Waals surface area contributed by atoms with Gasteiger partial charge in [0.1, 0.15) is 0 Å². The van der Waals surface area contributed by atoms with Gasteiger partial charge in [-0.2, -0.15) is 0 Å². The van der Waals surface area contributed by atoms with Crippen LogP contribution in [0, 0.1) is 13.8 Å². The van der Waals surface area contributed by atoms with Crippen molar-refractivity contribution in [1.82, 2.24) is 4.98 Å². The van der Waals surface area contributed by atoms with E-state index < -0.39 is 0 Å². The fraction of sp³-hybridized carbons (Fsp3) is 0.100. The van der Waals surface area contributed by atoms with E-state index in [1.54, 1.807) is 36.5 Å². The third-order valence-corrected chi connectivity index (χ3v) is 4.20. The largest absolute Gasteiger partial charge is 0.354 e. The maximum atomic E-state index is 12.4. The Bertz CT molecular complexity index is 924. The first-order valence-corrected chi connectivity index (χ1v) is 8.26. The number of carbonyl (C=O) groups is 1. The van der Waals surface area contributed by atoms with Gasteiger partial charge >= 0.3 is 0 Å². The fourth-order valence-corrected chi connectivity index (χ4v) is 2.63. The summed E-state index contributed by atoms with van der Waals surface area (Å²) in [5, 5.41) is 6.71. The van der Waals surface area contributed by atoms with Crippen molar-refractivity contribution in [3.8, 4) is 0 Å². The highest BCUT2D eigenvalue weighted by molar-refractivity contribution is 6.31. The molecular formula is C20H18ClN3O. The molecule has 0 atom stereocenters. The number of anilines is 3.